The van der Waals surface area contributed by atoms with Crippen LogP contribution in [0, 0.1) is 11.8 Å². The second-order valence-corrected chi connectivity index (χ2v) is 3.60. The molecule has 1 aromatic carbocycles. The fraction of sp³-hybridized carbons (Fsp3) is 0.250. The van der Waals surface area contributed by atoms with Crippen LogP contribution in [0.3, 0.4) is 0 Å². The molecule has 1 N–H and O–H groups in total. The van der Waals surface area contributed by atoms with Crippen LogP contribution in [0.15, 0.2) is 29.2 Å². The van der Waals surface area contributed by atoms with Gasteiger partial charge in [-0.15, -0.1) is 12.6 Å². The van der Waals surface area contributed by atoms with Crippen LogP contribution in [0.1, 0.15) is 18.9 Å². The van der Waals surface area contributed by atoms with Crippen molar-refractivity contribution in [1.82, 2.24) is 5.32 Å². The molecule has 0 saturated heterocycles. The minimum absolute atomic E-state index is 0.0193. The summed E-state index contributed by atoms with van der Waals surface area (Å²) in [5.74, 6) is 5.98. The van der Waals surface area contributed by atoms with Crippen molar-refractivity contribution in [3.8, 4) is 11.8 Å². The SMILES string of the molecule is CC(=O)NCCC#Cc1cccc(S)c1. The molecular weight excluding hydrogens is 206 g/mol. The highest BCUT2D eigenvalue weighted by Gasteiger charge is 1.88. The van der Waals surface area contributed by atoms with Gasteiger partial charge in [-0.3, -0.25) is 4.79 Å². The number of hydrogen-bond acceptors (Lipinski definition) is 2. The Morgan fingerprint density at radius 3 is 3.00 bits per heavy atom. The van der Waals surface area contributed by atoms with Gasteiger partial charge in [0.1, 0.15) is 0 Å². The maximum absolute atomic E-state index is 10.6. The fourth-order valence-corrected chi connectivity index (χ4v) is 1.27. The van der Waals surface area contributed by atoms with Crippen molar-refractivity contribution in [3.05, 3.63) is 29.8 Å². The zero-order valence-corrected chi connectivity index (χ0v) is 9.47. The second kappa shape index (κ2) is 6.15. The molecule has 0 fully saturated rings. The average Bonchev–Trinajstić information content (AvgIpc) is 2.17. The molecule has 0 radical (unpaired) electrons. The van der Waals surface area contributed by atoms with E-state index in [2.05, 4.69) is 29.8 Å². The highest BCUT2D eigenvalue weighted by atomic mass is 32.1. The minimum atomic E-state index is -0.0193. The number of rotatable bonds is 2. The summed E-state index contributed by atoms with van der Waals surface area (Å²) in [5, 5.41) is 2.69. The molecule has 0 aromatic heterocycles. The topological polar surface area (TPSA) is 29.1 Å². The van der Waals surface area contributed by atoms with Crippen molar-refractivity contribution in [3.63, 3.8) is 0 Å². The molecule has 0 aliphatic rings. The lowest BCUT2D eigenvalue weighted by atomic mass is 10.2. The van der Waals surface area contributed by atoms with Crippen LogP contribution >= 0.6 is 12.6 Å². The van der Waals surface area contributed by atoms with E-state index in [1.165, 1.54) is 6.92 Å². The Balaban J connectivity index is 2.41. The number of nitrogens with one attached hydrogen (secondary N) is 1. The van der Waals surface area contributed by atoms with E-state index in [1.807, 2.05) is 24.3 Å². The van der Waals surface area contributed by atoms with Crippen LogP contribution < -0.4 is 5.32 Å². The van der Waals surface area contributed by atoms with E-state index in [1.54, 1.807) is 0 Å². The van der Waals surface area contributed by atoms with Gasteiger partial charge >= 0.3 is 0 Å². The Bertz CT molecular complexity index is 404. The first-order chi connectivity index (χ1) is 7.18. The molecule has 0 saturated carbocycles. The molecule has 78 valence electrons. The van der Waals surface area contributed by atoms with Gasteiger partial charge in [0.2, 0.25) is 5.91 Å². The summed E-state index contributed by atoms with van der Waals surface area (Å²) in [6, 6.07) is 7.67. The van der Waals surface area contributed by atoms with Gasteiger partial charge in [-0.1, -0.05) is 17.9 Å². The van der Waals surface area contributed by atoms with Gasteiger partial charge in [0.25, 0.3) is 0 Å². The van der Waals surface area contributed by atoms with E-state index in [4.69, 9.17) is 0 Å². The highest BCUT2D eigenvalue weighted by molar-refractivity contribution is 7.80. The van der Waals surface area contributed by atoms with E-state index < -0.39 is 0 Å². The lowest BCUT2D eigenvalue weighted by Crippen LogP contribution is -2.20. The summed E-state index contributed by atoms with van der Waals surface area (Å²) >= 11 is 4.22. The quantitative estimate of drug-likeness (QED) is 0.444. The van der Waals surface area contributed by atoms with Crippen molar-refractivity contribution < 1.29 is 4.79 Å². The van der Waals surface area contributed by atoms with Crippen molar-refractivity contribution in [2.75, 3.05) is 6.54 Å². The largest absolute Gasteiger partial charge is 0.355 e. The first-order valence-corrected chi connectivity index (χ1v) is 5.15. The zero-order valence-electron chi connectivity index (χ0n) is 8.58. The van der Waals surface area contributed by atoms with Crippen LogP contribution in [0.4, 0.5) is 0 Å². The Hall–Kier alpha value is -1.40. The van der Waals surface area contributed by atoms with Crippen molar-refractivity contribution in [1.29, 1.82) is 0 Å². The van der Waals surface area contributed by atoms with Gasteiger partial charge in [0.05, 0.1) is 0 Å². The zero-order chi connectivity index (χ0) is 11.1. The normalized spacial score (nSPS) is 8.93. The van der Waals surface area contributed by atoms with Crippen molar-refractivity contribution in [2.24, 2.45) is 0 Å². The summed E-state index contributed by atoms with van der Waals surface area (Å²) in [4.78, 5) is 11.5. The van der Waals surface area contributed by atoms with Crippen LogP contribution in [0.25, 0.3) is 0 Å². The molecule has 0 spiro atoms. The van der Waals surface area contributed by atoms with E-state index in [9.17, 15) is 4.79 Å². The first kappa shape index (κ1) is 11.7. The molecule has 0 bridgehead atoms. The smallest absolute Gasteiger partial charge is 0.216 e. The molecule has 0 aliphatic carbocycles. The Labute approximate surface area is 95.5 Å². The van der Waals surface area contributed by atoms with Gasteiger partial charge in [-0.2, -0.15) is 0 Å². The summed E-state index contributed by atoms with van der Waals surface area (Å²) in [5.41, 5.74) is 0.949. The van der Waals surface area contributed by atoms with Crippen LogP contribution in [-0.2, 0) is 4.79 Å². The third kappa shape index (κ3) is 5.14. The maximum atomic E-state index is 10.6. The second-order valence-electron chi connectivity index (χ2n) is 3.09. The average molecular weight is 219 g/mol. The first-order valence-electron chi connectivity index (χ1n) is 4.71. The van der Waals surface area contributed by atoms with Crippen LogP contribution in [0.2, 0.25) is 0 Å². The molecule has 15 heavy (non-hydrogen) atoms. The van der Waals surface area contributed by atoms with Gasteiger partial charge in [-0.25, -0.2) is 0 Å². The molecule has 0 aliphatic heterocycles. The summed E-state index contributed by atoms with van der Waals surface area (Å²) in [6.45, 7) is 2.10. The molecule has 1 amide bonds. The van der Waals surface area contributed by atoms with E-state index in [-0.39, 0.29) is 5.91 Å². The third-order valence-electron chi connectivity index (χ3n) is 1.70. The molecular formula is C12H13NOS. The summed E-state index contributed by atoms with van der Waals surface area (Å²) < 4.78 is 0. The number of carbonyl (C=O) groups is 1. The Morgan fingerprint density at radius 1 is 1.53 bits per heavy atom. The number of thiol groups is 1. The van der Waals surface area contributed by atoms with Gasteiger partial charge in [-0.05, 0) is 18.2 Å². The predicted molar refractivity (Wildman–Crippen MR) is 63.9 cm³/mol. The van der Waals surface area contributed by atoms with Gasteiger partial charge in [0, 0.05) is 30.3 Å². The van der Waals surface area contributed by atoms with Gasteiger partial charge in [0.15, 0.2) is 0 Å². The van der Waals surface area contributed by atoms with E-state index >= 15 is 0 Å². The molecule has 2 nitrogen and oxygen atoms in total. The predicted octanol–water partition coefficient (Wildman–Crippen LogP) is 1.85. The van der Waals surface area contributed by atoms with Crippen LogP contribution in [-0.4, -0.2) is 12.5 Å². The molecule has 0 heterocycles. The van der Waals surface area contributed by atoms with Crippen molar-refractivity contribution >= 4 is 18.5 Å². The molecule has 0 unspecified atom stereocenters. The summed E-state index contributed by atoms with van der Waals surface area (Å²) in [6.07, 6.45) is 0.663. The monoisotopic (exact) mass is 219 g/mol. The molecule has 3 heteroatoms. The number of hydrogen-bond donors (Lipinski definition) is 2. The molecule has 0 atom stereocenters. The lowest BCUT2D eigenvalue weighted by molar-refractivity contribution is -0.118. The number of amides is 1. The molecule has 1 rings (SSSR count). The maximum Gasteiger partial charge on any atom is 0.216 e. The van der Waals surface area contributed by atoms with Crippen molar-refractivity contribution in [2.45, 2.75) is 18.2 Å². The number of benzene rings is 1. The van der Waals surface area contributed by atoms with E-state index in [0.717, 1.165) is 10.5 Å². The van der Waals surface area contributed by atoms with E-state index in [0.29, 0.717) is 13.0 Å². The van der Waals surface area contributed by atoms with Gasteiger partial charge < -0.3 is 5.32 Å². The molecule has 1 aromatic rings. The fourth-order valence-electron chi connectivity index (χ4n) is 1.05. The third-order valence-corrected chi connectivity index (χ3v) is 1.98. The Kier molecular flexibility index (Phi) is 4.79. The van der Waals surface area contributed by atoms with Crippen LogP contribution in [0.5, 0.6) is 0 Å². The Morgan fingerprint density at radius 2 is 2.33 bits per heavy atom. The minimum Gasteiger partial charge on any atom is -0.355 e. The summed E-state index contributed by atoms with van der Waals surface area (Å²) in [7, 11) is 0. The standard InChI is InChI=1S/C12H13NOS/c1-10(14)13-8-3-2-5-11-6-4-7-12(15)9-11/h4,6-7,9,15H,3,8H2,1H3,(H,13,14). The highest BCUT2D eigenvalue weighted by Crippen LogP contribution is 2.07. The number of carbonyl (C=O) groups excluding carboxylic acids is 1. The lowest BCUT2D eigenvalue weighted by Gasteiger charge is -1.95.